The average Bonchev–Trinajstić information content (AvgIpc) is 2.37. The SMILES string of the molecule is CCCc1csc(C(C)O)n1. The summed E-state index contributed by atoms with van der Waals surface area (Å²) in [6.45, 7) is 3.87. The Labute approximate surface area is 70.9 Å². The molecule has 1 unspecified atom stereocenters. The quantitative estimate of drug-likeness (QED) is 0.756. The zero-order valence-corrected chi connectivity index (χ0v) is 7.69. The number of aliphatic hydroxyl groups is 1. The molecule has 62 valence electrons. The van der Waals surface area contributed by atoms with E-state index in [0.29, 0.717) is 0 Å². The van der Waals surface area contributed by atoms with Gasteiger partial charge in [0.05, 0.1) is 5.69 Å². The lowest BCUT2D eigenvalue weighted by Crippen LogP contribution is -1.90. The molecular formula is C8H13NOS. The first-order chi connectivity index (χ1) is 5.24. The predicted molar refractivity (Wildman–Crippen MR) is 46.7 cm³/mol. The number of aromatic nitrogens is 1. The van der Waals surface area contributed by atoms with E-state index < -0.39 is 6.10 Å². The van der Waals surface area contributed by atoms with Gasteiger partial charge in [-0.3, -0.25) is 0 Å². The van der Waals surface area contributed by atoms with Gasteiger partial charge in [-0.25, -0.2) is 4.98 Å². The zero-order chi connectivity index (χ0) is 8.27. The van der Waals surface area contributed by atoms with Gasteiger partial charge in [-0.15, -0.1) is 11.3 Å². The molecule has 0 aromatic carbocycles. The minimum Gasteiger partial charge on any atom is -0.386 e. The fourth-order valence-electron chi connectivity index (χ4n) is 0.885. The van der Waals surface area contributed by atoms with Crippen LogP contribution in [0.25, 0.3) is 0 Å². The van der Waals surface area contributed by atoms with Crippen molar-refractivity contribution >= 4 is 11.3 Å². The molecule has 1 heterocycles. The monoisotopic (exact) mass is 171 g/mol. The van der Waals surface area contributed by atoms with E-state index in [1.165, 1.54) is 11.3 Å². The maximum absolute atomic E-state index is 9.15. The summed E-state index contributed by atoms with van der Waals surface area (Å²) in [5.74, 6) is 0. The van der Waals surface area contributed by atoms with E-state index in [0.717, 1.165) is 23.5 Å². The predicted octanol–water partition coefficient (Wildman–Crippen LogP) is 2.15. The van der Waals surface area contributed by atoms with Crippen LogP contribution in [0.15, 0.2) is 5.38 Å². The van der Waals surface area contributed by atoms with Crippen molar-refractivity contribution in [1.82, 2.24) is 4.98 Å². The van der Waals surface area contributed by atoms with E-state index in [-0.39, 0.29) is 0 Å². The molecule has 0 aliphatic heterocycles. The van der Waals surface area contributed by atoms with Gasteiger partial charge in [0.15, 0.2) is 0 Å². The van der Waals surface area contributed by atoms with Gasteiger partial charge in [0.1, 0.15) is 11.1 Å². The highest BCUT2D eigenvalue weighted by Gasteiger charge is 2.05. The van der Waals surface area contributed by atoms with Gasteiger partial charge >= 0.3 is 0 Å². The Hall–Kier alpha value is -0.410. The molecule has 0 aliphatic rings. The van der Waals surface area contributed by atoms with Gasteiger partial charge < -0.3 is 5.11 Å². The lowest BCUT2D eigenvalue weighted by molar-refractivity contribution is 0.198. The Kier molecular flexibility index (Phi) is 3.02. The van der Waals surface area contributed by atoms with Crippen LogP contribution in [0.3, 0.4) is 0 Å². The van der Waals surface area contributed by atoms with Crippen LogP contribution in [-0.4, -0.2) is 10.1 Å². The van der Waals surface area contributed by atoms with Gasteiger partial charge in [0.2, 0.25) is 0 Å². The van der Waals surface area contributed by atoms with Gasteiger partial charge in [-0.2, -0.15) is 0 Å². The van der Waals surface area contributed by atoms with Crippen molar-refractivity contribution in [3.63, 3.8) is 0 Å². The molecular weight excluding hydrogens is 158 g/mol. The molecule has 0 amide bonds. The van der Waals surface area contributed by atoms with Crippen molar-refractivity contribution in [3.05, 3.63) is 16.1 Å². The van der Waals surface area contributed by atoms with Crippen molar-refractivity contribution in [2.24, 2.45) is 0 Å². The third-order valence-corrected chi connectivity index (χ3v) is 2.50. The van der Waals surface area contributed by atoms with E-state index in [4.69, 9.17) is 5.11 Å². The highest BCUT2D eigenvalue weighted by Crippen LogP contribution is 2.17. The van der Waals surface area contributed by atoms with E-state index in [2.05, 4.69) is 11.9 Å². The van der Waals surface area contributed by atoms with Crippen molar-refractivity contribution in [2.75, 3.05) is 0 Å². The summed E-state index contributed by atoms with van der Waals surface area (Å²) in [5.41, 5.74) is 1.11. The molecule has 1 aromatic heterocycles. The summed E-state index contributed by atoms with van der Waals surface area (Å²) in [4.78, 5) is 4.27. The summed E-state index contributed by atoms with van der Waals surface area (Å²) >= 11 is 1.54. The maximum atomic E-state index is 9.15. The lowest BCUT2D eigenvalue weighted by atomic mass is 10.3. The molecule has 0 fully saturated rings. The summed E-state index contributed by atoms with van der Waals surface area (Å²) in [7, 11) is 0. The van der Waals surface area contributed by atoms with Gasteiger partial charge in [0.25, 0.3) is 0 Å². The van der Waals surface area contributed by atoms with Crippen molar-refractivity contribution in [1.29, 1.82) is 0 Å². The lowest BCUT2D eigenvalue weighted by Gasteiger charge is -1.95. The highest BCUT2D eigenvalue weighted by atomic mass is 32.1. The first-order valence-electron chi connectivity index (χ1n) is 3.86. The van der Waals surface area contributed by atoms with Crippen molar-refractivity contribution < 1.29 is 5.11 Å². The van der Waals surface area contributed by atoms with E-state index >= 15 is 0 Å². The topological polar surface area (TPSA) is 33.1 Å². The third-order valence-electron chi connectivity index (χ3n) is 1.43. The zero-order valence-electron chi connectivity index (χ0n) is 6.87. The molecule has 0 spiro atoms. The summed E-state index contributed by atoms with van der Waals surface area (Å²) < 4.78 is 0. The van der Waals surface area contributed by atoms with Gasteiger partial charge in [0, 0.05) is 5.38 Å². The molecule has 0 radical (unpaired) electrons. The molecule has 2 nitrogen and oxygen atoms in total. The Morgan fingerprint density at radius 3 is 2.91 bits per heavy atom. The van der Waals surface area contributed by atoms with Crippen LogP contribution < -0.4 is 0 Å². The van der Waals surface area contributed by atoms with E-state index in [1.54, 1.807) is 6.92 Å². The standard InChI is InChI=1S/C8H13NOS/c1-3-4-7-5-11-8(9-7)6(2)10/h5-6,10H,3-4H2,1-2H3. The normalized spacial score (nSPS) is 13.4. The van der Waals surface area contributed by atoms with Gasteiger partial charge in [-0.05, 0) is 13.3 Å². The fourth-order valence-corrected chi connectivity index (χ4v) is 1.68. The molecule has 1 atom stereocenters. The molecule has 11 heavy (non-hydrogen) atoms. The number of hydrogen-bond donors (Lipinski definition) is 1. The largest absolute Gasteiger partial charge is 0.386 e. The number of hydrogen-bond acceptors (Lipinski definition) is 3. The number of nitrogens with zero attached hydrogens (tertiary/aromatic N) is 1. The second-order valence-electron chi connectivity index (χ2n) is 2.60. The van der Waals surface area contributed by atoms with Crippen LogP contribution in [0.4, 0.5) is 0 Å². The number of aryl methyl sites for hydroxylation is 1. The molecule has 1 N–H and O–H groups in total. The second kappa shape index (κ2) is 3.83. The molecule has 0 aliphatic carbocycles. The minimum absolute atomic E-state index is 0.411. The first kappa shape index (κ1) is 8.68. The van der Waals surface area contributed by atoms with Crippen LogP contribution in [-0.2, 0) is 6.42 Å². The molecule has 0 saturated heterocycles. The van der Waals surface area contributed by atoms with E-state index in [9.17, 15) is 0 Å². The van der Waals surface area contributed by atoms with Gasteiger partial charge in [-0.1, -0.05) is 13.3 Å². The number of aliphatic hydroxyl groups excluding tert-OH is 1. The van der Waals surface area contributed by atoms with Crippen LogP contribution in [0.5, 0.6) is 0 Å². The molecule has 0 bridgehead atoms. The fraction of sp³-hybridized carbons (Fsp3) is 0.625. The minimum atomic E-state index is -0.411. The molecule has 1 rings (SSSR count). The van der Waals surface area contributed by atoms with Crippen LogP contribution in [0.1, 0.15) is 37.1 Å². The Morgan fingerprint density at radius 1 is 1.73 bits per heavy atom. The average molecular weight is 171 g/mol. The van der Waals surface area contributed by atoms with Crippen LogP contribution in [0, 0.1) is 0 Å². The second-order valence-corrected chi connectivity index (χ2v) is 3.49. The first-order valence-corrected chi connectivity index (χ1v) is 4.74. The number of rotatable bonds is 3. The van der Waals surface area contributed by atoms with Crippen LogP contribution >= 0.6 is 11.3 Å². The molecule has 3 heteroatoms. The Bertz CT molecular complexity index is 220. The maximum Gasteiger partial charge on any atom is 0.121 e. The molecule has 0 saturated carbocycles. The summed E-state index contributed by atoms with van der Waals surface area (Å²) in [6.07, 6.45) is 1.72. The Morgan fingerprint density at radius 2 is 2.45 bits per heavy atom. The highest BCUT2D eigenvalue weighted by molar-refractivity contribution is 7.09. The Balaban J connectivity index is 2.66. The molecule has 1 aromatic rings. The van der Waals surface area contributed by atoms with Crippen molar-refractivity contribution in [2.45, 2.75) is 32.8 Å². The van der Waals surface area contributed by atoms with Crippen LogP contribution in [0.2, 0.25) is 0 Å². The summed E-state index contributed by atoms with van der Waals surface area (Å²) in [6, 6.07) is 0. The van der Waals surface area contributed by atoms with E-state index in [1.807, 2.05) is 5.38 Å². The summed E-state index contributed by atoms with van der Waals surface area (Å²) in [5, 5.41) is 12.0. The third kappa shape index (κ3) is 2.27. The van der Waals surface area contributed by atoms with Crippen molar-refractivity contribution in [3.8, 4) is 0 Å². The number of thiazole rings is 1. The smallest absolute Gasteiger partial charge is 0.121 e.